The maximum Gasteiger partial charge on any atom is 0.122 e. The van der Waals surface area contributed by atoms with Crippen molar-refractivity contribution in [2.45, 2.75) is 20.3 Å². The van der Waals surface area contributed by atoms with Crippen LogP contribution in [0.4, 0.5) is 0 Å². The molecule has 0 heterocycles. The molecule has 1 aromatic carbocycles. The lowest BCUT2D eigenvalue weighted by Crippen LogP contribution is -2.24. The van der Waals surface area contributed by atoms with E-state index in [1.54, 1.807) is 7.11 Å². The van der Waals surface area contributed by atoms with Gasteiger partial charge in [0.1, 0.15) is 5.75 Å². The van der Waals surface area contributed by atoms with E-state index in [2.05, 4.69) is 31.3 Å². The number of hydrogen-bond acceptors (Lipinski definition) is 3. The molecule has 1 aromatic rings. The molecular formula is C12H20N2O. The van der Waals surface area contributed by atoms with Crippen molar-refractivity contribution < 1.29 is 4.74 Å². The van der Waals surface area contributed by atoms with Gasteiger partial charge in [0, 0.05) is 13.2 Å². The van der Waals surface area contributed by atoms with Gasteiger partial charge in [-0.2, -0.15) is 0 Å². The van der Waals surface area contributed by atoms with Crippen LogP contribution >= 0.6 is 0 Å². The van der Waals surface area contributed by atoms with Gasteiger partial charge >= 0.3 is 0 Å². The molecule has 1 rings (SSSR count). The van der Waals surface area contributed by atoms with E-state index in [0.29, 0.717) is 6.67 Å². The summed E-state index contributed by atoms with van der Waals surface area (Å²) < 4.78 is 5.35. The highest BCUT2D eigenvalue weighted by Crippen LogP contribution is 2.23. The fraction of sp³-hybridized carbons (Fsp3) is 0.500. The predicted molar refractivity (Wildman–Crippen MR) is 63.2 cm³/mol. The van der Waals surface area contributed by atoms with E-state index in [4.69, 9.17) is 10.5 Å². The molecule has 0 spiro atoms. The van der Waals surface area contributed by atoms with E-state index in [0.717, 1.165) is 18.7 Å². The van der Waals surface area contributed by atoms with Crippen molar-refractivity contribution in [1.29, 1.82) is 0 Å². The molecule has 3 nitrogen and oxygen atoms in total. The molecule has 15 heavy (non-hydrogen) atoms. The molecule has 0 radical (unpaired) electrons. The number of nitrogens with two attached hydrogens (primary N) is 1. The number of rotatable bonds is 5. The fourth-order valence-electron chi connectivity index (χ4n) is 1.56. The van der Waals surface area contributed by atoms with E-state index < -0.39 is 0 Å². The zero-order valence-electron chi connectivity index (χ0n) is 9.76. The maximum atomic E-state index is 5.37. The summed E-state index contributed by atoms with van der Waals surface area (Å²) >= 11 is 0. The van der Waals surface area contributed by atoms with Crippen molar-refractivity contribution >= 4 is 0 Å². The third kappa shape index (κ3) is 3.22. The maximum absolute atomic E-state index is 5.37. The van der Waals surface area contributed by atoms with Crippen LogP contribution in [0.5, 0.6) is 5.75 Å². The standard InChI is InChI=1S/C12H20N2O/c1-9-6-11(4-5-14-8-13)12(15-3)7-10(9)2/h6-7,14H,4-5,8,13H2,1-3H3. The lowest BCUT2D eigenvalue weighted by Gasteiger charge is -2.11. The molecule has 0 saturated heterocycles. The summed E-state index contributed by atoms with van der Waals surface area (Å²) in [6.45, 7) is 5.62. The minimum absolute atomic E-state index is 0.521. The number of hydrogen-bond donors (Lipinski definition) is 2. The van der Waals surface area contributed by atoms with E-state index in [9.17, 15) is 0 Å². The Balaban J connectivity index is 2.80. The second-order valence-corrected chi connectivity index (χ2v) is 3.70. The summed E-state index contributed by atoms with van der Waals surface area (Å²) in [5, 5.41) is 3.10. The summed E-state index contributed by atoms with van der Waals surface area (Å²) in [5.41, 5.74) is 9.18. The third-order valence-corrected chi connectivity index (χ3v) is 2.61. The summed E-state index contributed by atoms with van der Waals surface area (Å²) in [6, 6.07) is 4.28. The number of nitrogens with one attached hydrogen (secondary N) is 1. The van der Waals surface area contributed by atoms with Crippen molar-refractivity contribution in [3.63, 3.8) is 0 Å². The minimum Gasteiger partial charge on any atom is -0.496 e. The lowest BCUT2D eigenvalue weighted by atomic mass is 10.0. The molecule has 0 amide bonds. The van der Waals surface area contributed by atoms with Gasteiger partial charge in [-0.3, -0.25) is 0 Å². The van der Waals surface area contributed by atoms with Crippen LogP contribution in [0.2, 0.25) is 0 Å². The fourth-order valence-corrected chi connectivity index (χ4v) is 1.56. The van der Waals surface area contributed by atoms with Gasteiger partial charge in [-0.25, -0.2) is 0 Å². The quantitative estimate of drug-likeness (QED) is 0.567. The number of ether oxygens (including phenoxy) is 1. The van der Waals surface area contributed by atoms with Crippen LogP contribution in [0.25, 0.3) is 0 Å². The molecule has 0 aliphatic carbocycles. The Morgan fingerprint density at radius 1 is 1.27 bits per heavy atom. The Hall–Kier alpha value is -1.06. The van der Waals surface area contributed by atoms with Crippen LogP contribution < -0.4 is 15.8 Å². The molecule has 84 valence electrons. The van der Waals surface area contributed by atoms with Crippen molar-refractivity contribution in [2.75, 3.05) is 20.3 Å². The van der Waals surface area contributed by atoms with Gasteiger partial charge in [0.05, 0.1) is 7.11 Å². The highest BCUT2D eigenvalue weighted by atomic mass is 16.5. The average Bonchev–Trinajstić information content (AvgIpc) is 2.23. The zero-order valence-corrected chi connectivity index (χ0v) is 9.76. The van der Waals surface area contributed by atoms with Crippen molar-refractivity contribution in [1.82, 2.24) is 5.32 Å². The number of benzene rings is 1. The Bertz CT molecular complexity index is 324. The predicted octanol–water partition coefficient (Wildman–Crippen LogP) is 1.36. The second kappa shape index (κ2) is 5.73. The van der Waals surface area contributed by atoms with E-state index in [1.165, 1.54) is 16.7 Å². The first-order valence-corrected chi connectivity index (χ1v) is 5.24. The summed E-state index contributed by atoms with van der Waals surface area (Å²) in [7, 11) is 1.71. The first-order chi connectivity index (χ1) is 7.19. The highest BCUT2D eigenvalue weighted by Gasteiger charge is 2.05. The van der Waals surface area contributed by atoms with Crippen LogP contribution in [0, 0.1) is 13.8 Å². The van der Waals surface area contributed by atoms with E-state index in [-0.39, 0.29) is 0 Å². The van der Waals surface area contributed by atoms with Gasteiger partial charge in [0.25, 0.3) is 0 Å². The zero-order chi connectivity index (χ0) is 11.3. The van der Waals surface area contributed by atoms with Crippen molar-refractivity contribution in [2.24, 2.45) is 5.73 Å². The summed E-state index contributed by atoms with van der Waals surface area (Å²) in [4.78, 5) is 0. The van der Waals surface area contributed by atoms with Crippen molar-refractivity contribution in [3.05, 3.63) is 28.8 Å². The highest BCUT2D eigenvalue weighted by molar-refractivity contribution is 5.41. The van der Waals surface area contributed by atoms with E-state index >= 15 is 0 Å². The Labute approximate surface area is 91.6 Å². The van der Waals surface area contributed by atoms with Gasteiger partial charge in [-0.05, 0) is 43.0 Å². The molecule has 0 aromatic heterocycles. The van der Waals surface area contributed by atoms with Crippen LogP contribution in [0.1, 0.15) is 16.7 Å². The van der Waals surface area contributed by atoms with Crippen LogP contribution in [0.15, 0.2) is 12.1 Å². The molecule has 0 fully saturated rings. The molecular weight excluding hydrogens is 188 g/mol. The molecule has 0 aliphatic rings. The number of methoxy groups -OCH3 is 1. The monoisotopic (exact) mass is 208 g/mol. The molecule has 0 aliphatic heterocycles. The Morgan fingerprint density at radius 3 is 2.53 bits per heavy atom. The van der Waals surface area contributed by atoms with E-state index in [1.807, 2.05) is 0 Å². The molecule has 3 heteroatoms. The van der Waals surface area contributed by atoms with Gasteiger partial charge < -0.3 is 15.8 Å². The molecule has 0 atom stereocenters. The van der Waals surface area contributed by atoms with Crippen molar-refractivity contribution in [3.8, 4) is 5.75 Å². The molecule has 0 saturated carbocycles. The largest absolute Gasteiger partial charge is 0.496 e. The first-order valence-electron chi connectivity index (χ1n) is 5.24. The van der Waals surface area contributed by atoms with Gasteiger partial charge in [-0.15, -0.1) is 0 Å². The SMILES string of the molecule is COc1cc(C)c(C)cc1CCNCN. The smallest absolute Gasteiger partial charge is 0.122 e. The number of aryl methyl sites for hydroxylation is 2. The minimum atomic E-state index is 0.521. The average molecular weight is 208 g/mol. The van der Waals surface area contributed by atoms with Gasteiger partial charge in [0.2, 0.25) is 0 Å². The Morgan fingerprint density at radius 2 is 1.93 bits per heavy atom. The van der Waals surface area contributed by atoms with Crippen LogP contribution in [-0.2, 0) is 6.42 Å². The molecule has 3 N–H and O–H groups in total. The normalized spacial score (nSPS) is 10.4. The topological polar surface area (TPSA) is 47.3 Å². The summed E-state index contributed by atoms with van der Waals surface area (Å²) in [6.07, 6.45) is 0.946. The van der Waals surface area contributed by atoms with Gasteiger partial charge in [0.15, 0.2) is 0 Å². The second-order valence-electron chi connectivity index (χ2n) is 3.70. The van der Waals surface area contributed by atoms with Crippen LogP contribution in [0.3, 0.4) is 0 Å². The third-order valence-electron chi connectivity index (χ3n) is 2.61. The lowest BCUT2D eigenvalue weighted by molar-refractivity contribution is 0.408. The van der Waals surface area contributed by atoms with Gasteiger partial charge in [-0.1, -0.05) is 6.07 Å². The molecule has 0 bridgehead atoms. The molecule has 0 unspecified atom stereocenters. The summed E-state index contributed by atoms with van der Waals surface area (Å²) in [5.74, 6) is 0.969. The Kier molecular flexibility index (Phi) is 4.59. The van der Waals surface area contributed by atoms with Crippen LogP contribution in [-0.4, -0.2) is 20.3 Å². The first kappa shape index (κ1) is 12.0.